The first-order valence-electron chi connectivity index (χ1n) is 9.20. The molecular formula is C21H25FN2O3S. The van der Waals surface area contributed by atoms with Gasteiger partial charge in [0.2, 0.25) is 0 Å². The molecule has 1 fully saturated rings. The summed E-state index contributed by atoms with van der Waals surface area (Å²) < 4.78 is 24.2. The summed E-state index contributed by atoms with van der Waals surface area (Å²) in [6.45, 7) is 3.25. The van der Waals surface area contributed by atoms with Gasteiger partial charge in [-0.2, -0.15) is 0 Å². The molecule has 0 aliphatic carbocycles. The van der Waals surface area contributed by atoms with E-state index in [1.807, 2.05) is 18.4 Å². The molecule has 1 aliphatic heterocycles. The average Bonchev–Trinajstić information content (AvgIpc) is 2.75. The Morgan fingerprint density at radius 3 is 2.61 bits per heavy atom. The van der Waals surface area contributed by atoms with Crippen molar-refractivity contribution >= 4 is 17.7 Å². The van der Waals surface area contributed by atoms with Crippen LogP contribution in [0.1, 0.15) is 22.0 Å². The highest BCUT2D eigenvalue weighted by atomic mass is 32.2. The maximum atomic E-state index is 13.4. The van der Waals surface area contributed by atoms with E-state index in [1.54, 1.807) is 37.1 Å². The SMILES string of the molecule is COc1cc(SC)ccc1C(=O)NCC(c1ccc(F)cc1)N1CCOCC1. The molecule has 2 aromatic carbocycles. The highest BCUT2D eigenvalue weighted by Crippen LogP contribution is 2.26. The third-order valence-electron chi connectivity index (χ3n) is 4.85. The molecule has 3 rings (SSSR count). The molecule has 0 spiro atoms. The number of hydrogen-bond donors (Lipinski definition) is 1. The van der Waals surface area contributed by atoms with Crippen molar-refractivity contribution in [1.82, 2.24) is 10.2 Å². The smallest absolute Gasteiger partial charge is 0.255 e. The molecule has 0 radical (unpaired) electrons. The Morgan fingerprint density at radius 1 is 1.25 bits per heavy atom. The molecule has 5 nitrogen and oxygen atoms in total. The van der Waals surface area contributed by atoms with E-state index in [0.717, 1.165) is 23.5 Å². The number of hydrogen-bond acceptors (Lipinski definition) is 5. The van der Waals surface area contributed by atoms with E-state index in [9.17, 15) is 9.18 Å². The van der Waals surface area contributed by atoms with Crippen molar-refractivity contribution < 1.29 is 18.7 Å². The number of benzene rings is 2. The van der Waals surface area contributed by atoms with E-state index in [0.29, 0.717) is 31.1 Å². The summed E-state index contributed by atoms with van der Waals surface area (Å²) in [5.74, 6) is 0.0889. The molecule has 1 saturated heterocycles. The monoisotopic (exact) mass is 404 g/mol. The predicted molar refractivity (Wildman–Crippen MR) is 109 cm³/mol. The van der Waals surface area contributed by atoms with Gasteiger partial charge in [-0.05, 0) is 42.2 Å². The molecule has 1 atom stereocenters. The molecular weight excluding hydrogens is 379 g/mol. The topological polar surface area (TPSA) is 50.8 Å². The van der Waals surface area contributed by atoms with E-state index in [4.69, 9.17) is 9.47 Å². The number of rotatable bonds is 7. The van der Waals surface area contributed by atoms with Crippen molar-refractivity contribution in [2.75, 3.05) is 46.2 Å². The number of ether oxygens (including phenoxy) is 2. The van der Waals surface area contributed by atoms with Gasteiger partial charge in [-0.15, -0.1) is 11.8 Å². The van der Waals surface area contributed by atoms with E-state index in [-0.39, 0.29) is 17.8 Å². The minimum Gasteiger partial charge on any atom is -0.496 e. The zero-order valence-corrected chi connectivity index (χ0v) is 16.9. The van der Waals surface area contributed by atoms with Gasteiger partial charge in [0.25, 0.3) is 5.91 Å². The lowest BCUT2D eigenvalue weighted by molar-refractivity contribution is 0.0162. The summed E-state index contributed by atoms with van der Waals surface area (Å²) in [5.41, 5.74) is 1.47. The van der Waals surface area contributed by atoms with Gasteiger partial charge < -0.3 is 14.8 Å². The maximum absolute atomic E-state index is 13.4. The van der Waals surface area contributed by atoms with Gasteiger partial charge in [-0.3, -0.25) is 9.69 Å². The number of carbonyl (C=O) groups is 1. The summed E-state index contributed by atoms with van der Waals surface area (Å²) in [6, 6.07) is 11.9. The van der Waals surface area contributed by atoms with E-state index in [2.05, 4.69) is 10.2 Å². The summed E-state index contributed by atoms with van der Waals surface area (Å²) in [6.07, 6.45) is 1.98. The highest BCUT2D eigenvalue weighted by Gasteiger charge is 2.24. The Labute approximate surface area is 169 Å². The van der Waals surface area contributed by atoms with Crippen LogP contribution in [0.3, 0.4) is 0 Å². The maximum Gasteiger partial charge on any atom is 0.255 e. The second-order valence-electron chi connectivity index (χ2n) is 6.49. The minimum atomic E-state index is -0.271. The van der Waals surface area contributed by atoms with Crippen LogP contribution >= 0.6 is 11.8 Å². The summed E-state index contributed by atoms with van der Waals surface area (Å²) in [7, 11) is 1.56. The standard InChI is InChI=1S/C21H25FN2O3S/c1-26-20-13-17(28-2)7-8-18(20)21(25)23-14-19(24-9-11-27-12-10-24)15-3-5-16(22)6-4-15/h3-8,13,19H,9-12,14H2,1-2H3,(H,23,25). The summed E-state index contributed by atoms with van der Waals surface area (Å²) >= 11 is 1.59. The number of methoxy groups -OCH3 is 1. The normalized spacial score (nSPS) is 15.8. The number of amides is 1. The highest BCUT2D eigenvalue weighted by molar-refractivity contribution is 7.98. The third-order valence-corrected chi connectivity index (χ3v) is 5.58. The van der Waals surface area contributed by atoms with Gasteiger partial charge in [0, 0.05) is 24.5 Å². The second-order valence-corrected chi connectivity index (χ2v) is 7.37. The lowest BCUT2D eigenvalue weighted by Crippen LogP contribution is -2.43. The van der Waals surface area contributed by atoms with Crippen molar-refractivity contribution in [2.24, 2.45) is 0 Å². The number of morpholine rings is 1. The molecule has 1 aliphatic rings. The van der Waals surface area contributed by atoms with Crippen LogP contribution in [0.15, 0.2) is 47.4 Å². The molecule has 150 valence electrons. The largest absolute Gasteiger partial charge is 0.496 e. The number of nitrogens with zero attached hydrogens (tertiary/aromatic N) is 1. The Kier molecular flexibility index (Phi) is 7.30. The van der Waals surface area contributed by atoms with Crippen molar-refractivity contribution in [2.45, 2.75) is 10.9 Å². The van der Waals surface area contributed by atoms with Gasteiger partial charge in [-0.1, -0.05) is 12.1 Å². The van der Waals surface area contributed by atoms with Crippen LogP contribution in [-0.4, -0.2) is 57.0 Å². The predicted octanol–water partition coefficient (Wildman–Crippen LogP) is 3.36. The fourth-order valence-electron chi connectivity index (χ4n) is 3.30. The minimum absolute atomic E-state index is 0.0510. The molecule has 0 aromatic heterocycles. The number of nitrogens with one attached hydrogen (secondary N) is 1. The van der Waals surface area contributed by atoms with Crippen molar-refractivity contribution in [3.63, 3.8) is 0 Å². The number of thioether (sulfide) groups is 1. The second kappa shape index (κ2) is 9.91. The fourth-order valence-corrected chi connectivity index (χ4v) is 3.73. The molecule has 7 heteroatoms. The molecule has 28 heavy (non-hydrogen) atoms. The summed E-state index contributed by atoms with van der Waals surface area (Å²) in [5, 5.41) is 3.02. The van der Waals surface area contributed by atoms with Crippen LogP contribution in [0.25, 0.3) is 0 Å². The molecule has 2 aromatic rings. The number of carbonyl (C=O) groups excluding carboxylic acids is 1. The van der Waals surface area contributed by atoms with E-state index >= 15 is 0 Å². The Hall–Kier alpha value is -2.09. The average molecular weight is 405 g/mol. The van der Waals surface area contributed by atoms with E-state index in [1.165, 1.54) is 12.1 Å². The first-order chi connectivity index (χ1) is 13.6. The van der Waals surface area contributed by atoms with Crippen LogP contribution in [-0.2, 0) is 4.74 Å². The van der Waals surface area contributed by atoms with Gasteiger partial charge in [0.05, 0.1) is 31.9 Å². The molecule has 1 amide bonds. The van der Waals surface area contributed by atoms with Gasteiger partial charge in [0.15, 0.2) is 0 Å². The van der Waals surface area contributed by atoms with Crippen molar-refractivity contribution in [3.8, 4) is 5.75 Å². The van der Waals surface area contributed by atoms with Crippen molar-refractivity contribution in [3.05, 3.63) is 59.4 Å². The zero-order chi connectivity index (χ0) is 19.9. The lowest BCUT2D eigenvalue weighted by atomic mass is 10.0. The molecule has 0 saturated carbocycles. The van der Waals surface area contributed by atoms with Crippen LogP contribution in [0.4, 0.5) is 4.39 Å². The fraction of sp³-hybridized carbons (Fsp3) is 0.381. The lowest BCUT2D eigenvalue weighted by Gasteiger charge is -2.35. The van der Waals surface area contributed by atoms with Gasteiger partial charge in [0.1, 0.15) is 11.6 Å². The van der Waals surface area contributed by atoms with Crippen LogP contribution in [0.2, 0.25) is 0 Å². The van der Waals surface area contributed by atoms with Gasteiger partial charge in [-0.25, -0.2) is 4.39 Å². The first kappa shape index (κ1) is 20.6. The number of halogens is 1. The zero-order valence-electron chi connectivity index (χ0n) is 16.1. The Morgan fingerprint density at radius 2 is 1.96 bits per heavy atom. The van der Waals surface area contributed by atoms with Crippen LogP contribution in [0, 0.1) is 5.82 Å². The summed E-state index contributed by atoms with van der Waals surface area (Å²) in [4.78, 5) is 16.1. The van der Waals surface area contributed by atoms with Crippen LogP contribution < -0.4 is 10.1 Å². The van der Waals surface area contributed by atoms with Gasteiger partial charge >= 0.3 is 0 Å². The molecule has 0 bridgehead atoms. The Balaban J connectivity index is 1.75. The van der Waals surface area contributed by atoms with Crippen LogP contribution in [0.5, 0.6) is 5.75 Å². The quantitative estimate of drug-likeness (QED) is 0.717. The first-order valence-corrected chi connectivity index (χ1v) is 10.4. The van der Waals surface area contributed by atoms with E-state index < -0.39 is 0 Å². The Bertz CT molecular complexity index is 795. The molecule has 1 N–H and O–H groups in total. The molecule has 1 unspecified atom stereocenters. The molecule has 1 heterocycles. The van der Waals surface area contributed by atoms with Crippen molar-refractivity contribution in [1.29, 1.82) is 0 Å². The third kappa shape index (κ3) is 5.04.